The van der Waals surface area contributed by atoms with Gasteiger partial charge in [0.2, 0.25) is 23.6 Å². The Morgan fingerprint density at radius 1 is 0.530 bits per heavy atom. The zero-order valence-corrected chi connectivity index (χ0v) is 49.2. The number of carbonyl (C=O) groups is 4. The van der Waals surface area contributed by atoms with Crippen molar-refractivity contribution in [2.45, 2.75) is 98.6 Å². The monoisotopic (exact) mass is 1180 g/mol. The summed E-state index contributed by atoms with van der Waals surface area (Å²) in [6, 6.07) is 32.8. The van der Waals surface area contributed by atoms with Crippen molar-refractivity contribution in [3.63, 3.8) is 0 Å². The maximum Gasteiger partial charge on any atom is 0.291 e. The molecular weight excluding hydrogens is 1120 g/mol. The Hall–Kier alpha value is -8.27. The van der Waals surface area contributed by atoms with Crippen LogP contribution in [0.2, 0.25) is 0 Å². The Morgan fingerprint density at radius 3 is 1.19 bits per heavy atom. The van der Waals surface area contributed by atoms with Gasteiger partial charge in [-0.3, -0.25) is 39.4 Å². The van der Waals surface area contributed by atoms with E-state index >= 15 is 0 Å². The number of likely N-dealkylation sites (tertiary alicyclic amines) is 2. The Morgan fingerprint density at radius 2 is 0.867 bits per heavy atom. The van der Waals surface area contributed by atoms with Crippen molar-refractivity contribution in [2.75, 3.05) is 26.2 Å². The predicted molar refractivity (Wildman–Crippen MR) is 319 cm³/mol. The molecule has 2 heterocycles. The Bertz CT molecular complexity index is 3540. The molecule has 0 saturated carbocycles. The van der Waals surface area contributed by atoms with Crippen LogP contribution in [-0.2, 0) is 39.2 Å². The van der Waals surface area contributed by atoms with Crippen molar-refractivity contribution in [1.29, 1.82) is 0 Å². The Balaban J connectivity index is 1.08. The number of amides is 4. The van der Waals surface area contributed by atoms with E-state index in [4.69, 9.17) is 0 Å². The molecule has 6 aromatic rings. The van der Waals surface area contributed by atoms with E-state index in [0.29, 0.717) is 22.3 Å². The number of benzene rings is 6. The summed E-state index contributed by atoms with van der Waals surface area (Å²) in [6.07, 6.45) is 6.38. The fourth-order valence-electron chi connectivity index (χ4n) is 10.4. The lowest BCUT2D eigenvalue weighted by molar-refractivity contribution is -0.387. The first kappa shape index (κ1) is 60.8. The summed E-state index contributed by atoms with van der Waals surface area (Å²) < 4.78 is 56.2. The van der Waals surface area contributed by atoms with Crippen molar-refractivity contribution in [3.8, 4) is 22.3 Å². The van der Waals surface area contributed by atoms with Crippen LogP contribution in [0.5, 0.6) is 0 Å². The van der Waals surface area contributed by atoms with Crippen LogP contribution in [-0.4, -0.2) is 86.3 Å². The standard InChI is InChI=1S/C62H64N6O12S3/c1-39(2)49-11-7-9-13-51(49)57-43(21-29-55(69)65-35-31-45(32-36-65)61(71)63-82(77,78)47-23-15-41(5)16-24-47)19-27-53(59(57)67(73)74)81-54-28-20-44(58(60(54)68(75)76)52-14-10-8-12-50(52)40(3)4)22-30-56(70)66-37-33-46(34-38-66)62(72)64-83(79,80)48-25-17-42(6)18-26-48/h7-30,39-40,45-46H,31-38H2,1-6H3,(H,63,71)(H,64,72)/b29-21+,30-22+. The summed E-state index contributed by atoms with van der Waals surface area (Å²) >= 11 is 0.843. The van der Waals surface area contributed by atoms with E-state index in [-0.39, 0.29) is 106 Å². The van der Waals surface area contributed by atoms with Gasteiger partial charge in [-0.15, -0.1) is 0 Å². The Labute approximate surface area is 487 Å². The van der Waals surface area contributed by atoms with Gasteiger partial charge in [0.1, 0.15) is 0 Å². The number of hydrogen-bond donors (Lipinski definition) is 2. The molecule has 0 aliphatic carbocycles. The first-order chi connectivity index (χ1) is 39.4. The van der Waals surface area contributed by atoms with Gasteiger partial charge in [-0.1, -0.05) is 136 Å². The molecule has 2 N–H and O–H groups in total. The molecule has 0 spiro atoms. The van der Waals surface area contributed by atoms with E-state index < -0.39 is 65.4 Å². The van der Waals surface area contributed by atoms with E-state index in [1.165, 1.54) is 70.5 Å². The van der Waals surface area contributed by atoms with E-state index in [9.17, 15) is 56.2 Å². The normalized spacial score (nSPS) is 14.6. The molecule has 0 unspecified atom stereocenters. The Kier molecular flexibility index (Phi) is 19.0. The van der Waals surface area contributed by atoms with Crippen LogP contribution in [0, 0.1) is 45.9 Å². The molecule has 2 aliphatic rings. The molecule has 18 nitrogen and oxygen atoms in total. The van der Waals surface area contributed by atoms with Gasteiger partial charge in [-0.05, 0) is 133 Å². The second-order valence-electron chi connectivity index (χ2n) is 21.3. The van der Waals surface area contributed by atoms with Crippen LogP contribution in [0.1, 0.15) is 98.6 Å². The lowest BCUT2D eigenvalue weighted by atomic mass is 9.89. The number of nitro groups is 2. The van der Waals surface area contributed by atoms with Crippen molar-refractivity contribution in [2.24, 2.45) is 11.8 Å². The molecule has 2 aliphatic heterocycles. The highest BCUT2D eigenvalue weighted by molar-refractivity contribution is 7.99. The number of nitrogens with zero attached hydrogens (tertiary/aromatic N) is 4. The lowest BCUT2D eigenvalue weighted by Gasteiger charge is -2.30. The van der Waals surface area contributed by atoms with E-state index in [2.05, 4.69) is 9.44 Å². The minimum atomic E-state index is -4.11. The summed E-state index contributed by atoms with van der Waals surface area (Å²) in [5, 5.41) is 27.2. The number of nitro benzene ring substituents is 2. The van der Waals surface area contributed by atoms with Crippen molar-refractivity contribution in [1.82, 2.24) is 19.2 Å². The fourth-order valence-corrected chi connectivity index (χ4v) is 13.5. The molecule has 2 saturated heterocycles. The molecule has 0 aromatic heterocycles. The average Bonchev–Trinajstić information content (AvgIpc) is 3.57. The third-order valence-electron chi connectivity index (χ3n) is 14.9. The number of aryl methyl sites for hydroxylation is 2. The smallest absolute Gasteiger partial charge is 0.291 e. The molecule has 6 aromatic carbocycles. The lowest BCUT2D eigenvalue weighted by Crippen LogP contribution is -2.43. The minimum Gasteiger partial charge on any atom is -0.339 e. The number of piperidine rings is 2. The second kappa shape index (κ2) is 25.9. The summed E-state index contributed by atoms with van der Waals surface area (Å²) in [5.41, 5.74) is 4.59. The number of nitrogens with one attached hydrogen (secondary N) is 2. The van der Waals surface area contributed by atoms with E-state index in [1.807, 2.05) is 65.8 Å². The van der Waals surface area contributed by atoms with Gasteiger partial charge in [0.05, 0.1) is 40.6 Å². The molecule has 0 bridgehead atoms. The van der Waals surface area contributed by atoms with Gasteiger partial charge in [-0.2, -0.15) is 0 Å². The molecule has 21 heteroatoms. The maximum atomic E-state index is 13.8. The number of hydrogen-bond acceptors (Lipinski definition) is 13. The predicted octanol–water partition coefficient (Wildman–Crippen LogP) is 11.4. The fraction of sp³-hybridized carbons (Fsp3) is 0.290. The van der Waals surface area contributed by atoms with E-state index in [1.54, 1.807) is 60.7 Å². The highest BCUT2D eigenvalue weighted by Gasteiger charge is 2.34. The number of rotatable bonds is 18. The van der Waals surface area contributed by atoms with Crippen molar-refractivity contribution < 1.29 is 45.9 Å². The molecule has 4 amide bonds. The third-order valence-corrected chi connectivity index (χ3v) is 18.8. The topological polar surface area (TPSA) is 253 Å². The third kappa shape index (κ3) is 14.2. The van der Waals surface area contributed by atoms with Gasteiger partial charge >= 0.3 is 0 Å². The van der Waals surface area contributed by atoms with Crippen molar-refractivity contribution >= 4 is 79.0 Å². The molecular formula is C62H64N6O12S3. The maximum absolute atomic E-state index is 13.8. The van der Waals surface area contributed by atoms with Crippen LogP contribution in [0.25, 0.3) is 34.4 Å². The molecule has 2 fully saturated rings. The minimum absolute atomic E-state index is 0.0418. The number of sulfonamides is 2. The van der Waals surface area contributed by atoms with Crippen molar-refractivity contribution in [3.05, 3.63) is 187 Å². The summed E-state index contributed by atoms with van der Waals surface area (Å²) in [6.45, 7) is 12.0. The highest BCUT2D eigenvalue weighted by Crippen LogP contribution is 2.50. The average molecular weight is 1180 g/mol. The summed E-state index contributed by atoms with van der Waals surface area (Å²) in [5.74, 6) is -3.76. The van der Waals surface area contributed by atoms with Gasteiger partial charge in [0.25, 0.3) is 31.4 Å². The molecule has 432 valence electrons. The molecule has 8 rings (SSSR count). The van der Waals surface area contributed by atoms with Crippen LogP contribution in [0.4, 0.5) is 11.4 Å². The van der Waals surface area contributed by atoms with Gasteiger partial charge in [0.15, 0.2) is 0 Å². The van der Waals surface area contributed by atoms with E-state index in [0.717, 1.165) is 34.0 Å². The van der Waals surface area contributed by atoms with Gasteiger partial charge in [0, 0.05) is 50.2 Å². The van der Waals surface area contributed by atoms with Crippen LogP contribution < -0.4 is 9.44 Å². The summed E-state index contributed by atoms with van der Waals surface area (Å²) in [7, 11) is -8.22. The molecule has 83 heavy (non-hydrogen) atoms. The largest absolute Gasteiger partial charge is 0.339 e. The first-order valence-corrected chi connectivity index (χ1v) is 30.9. The van der Waals surface area contributed by atoms with Crippen LogP contribution in [0.15, 0.2) is 153 Å². The number of carbonyl (C=O) groups excluding carboxylic acids is 4. The second-order valence-corrected chi connectivity index (χ2v) is 25.7. The zero-order valence-electron chi connectivity index (χ0n) is 46.7. The quantitative estimate of drug-likeness (QED) is 0.0462. The van der Waals surface area contributed by atoms with Gasteiger partial charge in [-0.25, -0.2) is 26.3 Å². The zero-order chi connectivity index (χ0) is 59.9. The molecule has 0 radical (unpaired) electrons. The van der Waals surface area contributed by atoms with Crippen LogP contribution >= 0.6 is 11.8 Å². The van der Waals surface area contributed by atoms with Crippen LogP contribution in [0.3, 0.4) is 0 Å². The first-order valence-electron chi connectivity index (χ1n) is 27.1. The molecule has 0 atom stereocenters. The SMILES string of the molecule is Cc1ccc(S(=O)(=O)NC(=O)C2CCN(C(=O)/C=C/c3ccc(Sc4ccc(/C=C/C(=O)N5CCC(C(=O)NS(=O)(=O)c6ccc(C)cc6)CC5)c(-c5ccccc5C(C)C)c4[N+](=O)[O-])c([N+](=O)[O-])c3-c3ccccc3C(C)C)CC2)cc1. The van der Waals surface area contributed by atoms with Gasteiger partial charge < -0.3 is 9.80 Å². The highest BCUT2D eigenvalue weighted by atomic mass is 32.2. The summed E-state index contributed by atoms with van der Waals surface area (Å²) in [4.78, 5) is 83.3.